The van der Waals surface area contributed by atoms with E-state index in [4.69, 9.17) is 9.47 Å². The molecule has 7 heteroatoms. The molecular weight excluding hydrogens is 358 g/mol. The number of carbonyl (C=O) groups is 2. The standard InChI is InChI=1S/C21H23N3O4/c1-13-16(5-3-6-17(13)24-10-4-7-20(24)25)23-21(26)22-14(2)15-8-9-18-19(11-15)28-12-27-18/h3,5-6,8-9,11,14H,4,7,10,12H2,1-2H3,(H2,22,23,26). The molecule has 2 N–H and O–H groups in total. The fraction of sp³-hybridized carbons (Fsp3) is 0.333. The van der Waals surface area contributed by atoms with Gasteiger partial charge in [0, 0.05) is 24.3 Å². The average Bonchev–Trinajstić information content (AvgIpc) is 3.31. The number of rotatable bonds is 4. The molecule has 2 aromatic rings. The summed E-state index contributed by atoms with van der Waals surface area (Å²) in [6, 6.07) is 10.7. The van der Waals surface area contributed by atoms with Crippen LogP contribution in [-0.2, 0) is 4.79 Å². The van der Waals surface area contributed by atoms with E-state index in [1.807, 2.05) is 50.2 Å². The van der Waals surface area contributed by atoms with Crippen molar-refractivity contribution in [3.63, 3.8) is 0 Å². The predicted molar refractivity (Wildman–Crippen MR) is 106 cm³/mol. The third-order valence-corrected chi connectivity index (χ3v) is 5.16. The number of fused-ring (bicyclic) bond motifs is 1. The maximum atomic E-state index is 12.5. The van der Waals surface area contributed by atoms with Gasteiger partial charge >= 0.3 is 6.03 Å². The number of anilines is 2. The SMILES string of the molecule is Cc1c(NC(=O)NC(C)c2ccc3c(c2)OCO3)cccc1N1CCCC1=O. The molecule has 0 saturated carbocycles. The topological polar surface area (TPSA) is 79.9 Å². The van der Waals surface area contributed by atoms with E-state index in [0.717, 1.165) is 29.8 Å². The predicted octanol–water partition coefficient (Wildman–Crippen LogP) is 3.73. The van der Waals surface area contributed by atoms with E-state index < -0.39 is 0 Å². The van der Waals surface area contributed by atoms with E-state index in [2.05, 4.69) is 10.6 Å². The fourth-order valence-corrected chi connectivity index (χ4v) is 3.57. The van der Waals surface area contributed by atoms with Gasteiger partial charge in [0.2, 0.25) is 12.7 Å². The summed E-state index contributed by atoms with van der Waals surface area (Å²) in [5.41, 5.74) is 3.34. The van der Waals surface area contributed by atoms with Gasteiger partial charge < -0.3 is 25.0 Å². The lowest BCUT2D eigenvalue weighted by molar-refractivity contribution is -0.117. The molecule has 3 amide bonds. The molecule has 28 heavy (non-hydrogen) atoms. The Kier molecular flexibility index (Phi) is 4.81. The molecule has 0 bridgehead atoms. The highest BCUT2D eigenvalue weighted by atomic mass is 16.7. The lowest BCUT2D eigenvalue weighted by atomic mass is 10.1. The molecule has 2 aliphatic heterocycles. The van der Waals surface area contributed by atoms with Gasteiger partial charge in [-0.15, -0.1) is 0 Å². The second-order valence-corrected chi connectivity index (χ2v) is 7.03. The molecule has 1 atom stereocenters. The van der Waals surface area contributed by atoms with Crippen molar-refractivity contribution in [1.82, 2.24) is 5.32 Å². The second-order valence-electron chi connectivity index (χ2n) is 7.03. The first-order valence-corrected chi connectivity index (χ1v) is 9.40. The van der Waals surface area contributed by atoms with Crippen LogP contribution in [-0.4, -0.2) is 25.3 Å². The van der Waals surface area contributed by atoms with Gasteiger partial charge in [-0.25, -0.2) is 4.79 Å². The van der Waals surface area contributed by atoms with Crippen LogP contribution in [0.15, 0.2) is 36.4 Å². The maximum absolute atomic E-state index is 12.5. The molecular formula is C21H23N3O4. The van der Waals surface area contributed by atoms with Crippen molar-refractivity contribution in [1.29, 1.82) is 0 Å². The fourth-order valence-electron chi connectivity index (χ4n) is 3.57. The van der Waals surface area contributed by atoms with Crippen LogP contribution in [0.4, 0.5) is 16.2 Å². The zero-order valence-corrected chi connectivity index (χ0v) is 16.0. The van der Waals surface area contributed by atoms with Crippen molar-refractivity contribution in [3.05, 3.63) is 47.5 Å². The van der Waals surface area contributed by atoms with Gasteiger partial charge in [0.05, 0.1) is 6.04 Å². The summed E-state index contributed by atoms with van der Waals surface area (Å²) in [5.74, 6) is 1.52. The number of ether oxygens (including phenoxy) is 2. The summed E-state index contributed by atoms with van der Waals surface area (Å²) in [6.07, 6.45) is 1.44. The molecule has 0 aliphatic carbocycles. The Hall–Kier alpha value is -3.22. The first kappa shape index (κ1) is 18.2. The van der Waals surface area contributed by atoms with Crippen LogP contribution in [0, 0.1) is 6.92 Å². The second kappa shape index (κ2) is 7.42. The summed E-state index contributed by atoms with van der Waals surface area (Å²) in [6.45, 7) is 4.76. The maximum Gasteiger partial charge on any atom is 0.319 e. The lowest BCUT2D eigenvalue weighted by Gasteiger charge is -2.21. The Morgan fingerprint density at radius 3 is 2.79 bits per heavy atom. The van der Waals surface area contributed by atoms with Crippen molar-refractivity contribution in [2.45, 2.75) is 32.7 Å². The van der Waals surface area contributed by atoms with Crippen LogP contribution in [0.1, 0.15) is 36.9 Å². The monoisotopic (exact) mass is 381 g/mol. The van der Waals surface area contributed by atoms with Crippen LogP contribution >= 0.6 is 0 Å². The summed E-state index contributed by atoms with van der Waals surface area (Å²) in [5, 5.41) is 5.83. The minimum atomic E-state index is -0.307. The molecule has 7 nitrogen and oxygen atoms in total. The summed E-state index contributed by atoms with van der Waals surface area (Å²) in [7, 11) is 0. The van der Waals surface area contributed by atoms with Crippen LogP contribution in [0.2, 0.25) is 0 Å². The van der Waals surface area contributed by atoms with Gasteiger partial charge in [-0.05, 0) is 55.7 Å². The number of nitrogens with zero attached hydrogens (tertiary/aromatic N) is 1. The molecule has 2 aromatic carbocycles. The van der Waals surface area contributed by atoms with Gasteiger partial charge in [-0.2, -0.15) is 0 Å². The lowest BCUT2D eigenvalue weighted by Crippen LogP contribution is -2.31. The molecule has 1 saturated heterocycles. The van der Waals surface area contributed by atoms with E-state index in [1.54, 1.807) is 4.90 Å². The summed E-state index contributed by atoms with van der Waals surface area (Å²) >= 11 is 0. The Labute approximate surface area is 163 Å². The zero-order chi connectivity index (χ0) is 19.7. The third kappa shape index (κ3) is 3.47. The summed E-state index contributed by atoms with van der Waals surface area (Å²) in [4.78, 5) is 26.4. The summed E-state index contributed by atoms with van der Waals surface area (Å²) < 4.78 is 10.7. The molecule has 1 fully saturated rings. The van der Waals surface area contributed by atoms with Gasteiger partial charge in [-0.3, -0.25) is 4.79 Å². The van der Waals surface area contributed by atoms with Crippen LogP contribution < -0.4 is 25.0 Å². The van der Waals surface area contributed by atoms with Crippen LogP contribution in [0.5, 0.6) is 11.5 Å². The Morgan fingerprint density at radius 2 is 2.00 bits per heavy atom. The van der Waals surface area contributed by atoms with E-state index in [0.29, 0.717) is 23.6 Å². The number of benzene rings is 2. The number of urea groups is 1. The molecule has 2 heterocycles. The minimum Gasteiger partial charge on any atom is -0.454 e. The van der Waals surface area contributed by atoms with Gasteiger partial charge in [-0.1, -0.05) is 12.1 Å². The first-order valence-electron chi connectivity index (χ1n) is 9.40. The van der Waals surface area contributed by atoms with Crippen LogP contribution in [0.3, 0.4) is 0 Å². The number of hydrogen-bond acceptors (Lipinski definition) is 4. The van der Waals surface area contributed by atoms with E-state index in [-0.39, 0.29) is 24.8 Å². The van der Waals surface area contributed by atoms with Crippen molar-refractivity contribution in [2.75, 3.05) is 23.6 Å². The van der Waals surface area contributed by atoms with E-state index in [9.17, 15) is 9.59 Å². The number of amides is 3. The van der Waals surface area contributed by atoms with Crippen molar-refractivity contribution >= 4 is 23.3 Å². The zero-order valence-electron chi connectivity index (χ0n) is 16.0. The van der Waals surface area contributed by atoms with Crippen LogP contribution in [0.25, 0.3) is 0 Å². The van der Waals surface area contributed by atoms with Gasteiger partial charge in [0.15, 0.2) is 11.5 Å². The highest BCUT2D eigenvalue weighted by Crippen LogP contribution is 2.34. The largest absolute Gasteiger partial charge is 0.454 e. The third-order valence-electron chi connectivity index (χ3n) is 5.16. The Morgan fingerprint density at radius 1 is 1.18 bits per heavy atom. The Bertz CT molecular complexity index is 928. The quantitative estimate of drug-likeness (QED) is 0.846. The molecule has 0 aromatic heterocycles. The Balaban J connectivity index is 1.44. The number of nitrogens with one attached hydrogen (secondary N) is 2. The van der Waals surface area contributed by atoms with Crippen molar-refractivity contribution in [3.8, 4) is 11.5 Å². The van der Waals surface area contributed by atoms with E-state index >= 15 is 0 Å². The van der Waals surface area contributed by atoms with Gasteiger partial charge in [0.1, 0.15) is 0 Å². The first-order chi connectivity index (χ1) is 13.5. The van der Waals surface area contributed by atoms with Gasteiger partial charge in [0.25, 0.3) is 0 Å². The average molecular weight is 381 g/mol. The molecule has 2 aliphatic rings. The van der Waals surface area contributed by atoms with E-state index in [1.165, 1.54) is 0 Å². The van der Waals surface area contributed by atoms with Crippen molar-refractivity contribution in [2.24, 2.45) is 0 Å². The normalized spacial score (nSPS) is 16.2. The highest BCUT2D eigenvalue weighted by molar-refractivity contribution is 5.98. The smallest absolute Gasteiger partial charge is 0.319 e. The molecule has 4 rings (SSSR count). The number of hydrogen-bond donors (Lipinski definition) is 2. The van der Waals surface area contributed by atoms with Crippen molar-refractivity contribution < 1.29 is 19.1 Å². The molecule has 146 valence electrons. The molecule has 1 unspecified atom stereocenters. The highest BCUT2D eigenvalue weighted by Gasteiger charge is 2.24. The molecule has 0 radical (unpaired) electrons. The molecule has 0 spiro atoms. The number of carbonyl (C=O) groups excluding carboxylic acids is 2. The minimum absolute atomic E-state index is 0.126.